The average molecular weight is 314 g/mol. The van der Waals surface area contributed by atoms with Gasteiger partial charge in [0.15, 0.2) is 0 Å². The van der Waals surface area contributed by atoms with Gasteiger partial charge < -0.3 is 15.3 Å². The zero-order valence-corrected chi connectivity index (χ0v) is 13.3. The number of para-hydroxylation sites is 1. The van der Waals surface area contributed by atoms with Crippen molar-refractivity contribution in [2.45, 2.75) is 38.3 Å². The number of fused-ring (bicyclic) bond motifs is 1. The number of nitrogens with zero attached hydrogens (tertiary/aromatic N) is 3. The molecule has 1 saturated heterocycles. The lowest BCUT2D eigenvalue weighted by atomic mass is 10.1. The van der Waals surface area contributed by atoms with Gasteiger partial charge in [-0.05, 0) is 31.4 Å². The second-order valence-electron chi connectivity index (χ2n) is 5.86. The standard InChI is InChI=1S/C17H22N4O2/c1-2-12(10-22)20-17(23)15-8-5-9-21(15)16-13-6-3-4-7-14(13)18-11-19-16/h3-4,6-7,11-12,15,22H,2,5,8-10H2,1H3,(H,20,23). The first-order valence-corrected chi connectivity index (χ1v) is 8.12. The smallest absolute Gasteiger partial charge is 0.243 e. The minimum absolute atomic E-state index is 0.0360. The van der Waals surface area contributed by atoms with E-state index in [-0.39, 0.29) is 24.6 Å². The second-order valence-corrected chi connectivity index (χ2v) is 5.86. The third-order valence-corrected chi connectivity index (χ3v) is 4.41. The molecule has 2 N–H and O–H groups in total. The van der Waals surface area contributed by atoms with Crippen LogP contribution >= 0.6 is 0 Å². The van der Waals surface area contributed by atoms with E-state index in [1.165, 1.54) is 0 Å². The van der Waals surface area contributed by atoms with Gasteiger partial charge >= 0.3 is 0 Å². The van der Waals surface area contributed by atoms with E-state index in [1.54, 1.807) is 6.33 Å². The molecule has 122 valence electrons. The van der Waals surface area contributed by atoms with Crippen molar-refractivity contribution in [3.05, 3.63) is 30.6 Å². The maximum atomic E-state index is 12.6. The molecule has 0 saturated carbocycles. The lowest BCUT2D eigenvalue weighted by Gasteiger charge is -2.27. The number of aromatic nitrogens is 2. The molecule has 0 spiro atoms. The van der Waals surface area contributed by atoms with Crippen LogP contribution in [0.1, 0.15) is 26.2 Å². The molecule has 1 aromatic carbocycles. The molecule has 0 bridgehead atoms. The molecular formula is C17H22N4O2. The summed E-state index contributed by atoms with van der Waals surface area (Å²) in [6.45, 7) is 2.71. The maximum absolute atomic E-state index is 12.6. The van der Waals surface area contributed by atoms with Crippen LogP contribution in [0.4, 0.5) is 5.82 Å². The fourth-order valence-electron chi connectivity index (χ4n) is 3.09. The van der Waals surface area contributed by atoms with Crippen molar-refractivity contribution in [3.63, 3.8) is 0 Å². The largest absolute Gasteiger partial charge is 0.394 e. The van der Waals surface area contributed by atoms with Gasteiger partial charge in [-0.15, -0.1) is 0 Å². The van der Waals surface area contributed by atoms with Crippen molar-refractivity contribution in [2.24, 2.45) is 0 Å². The average Bonchev–Trinajstić information content (AvgIpc) is 3.08. The van der Waals surface area contributed by atoms with Crippen molar-refractivity contribution < 1.29 is 9.90 Å². The number of amides is 1. The van der Waals surface area contributed by atoms with Gasteiger partial charge in [0.2, 0.25) is 5.91 Å². The molecule has 1 aliphatic rings. The first kappa shape index (κ1) is 15.7. The number of benzene rings is 1. The molecule has 0 radical (unpaired) electrons. The Kier molecular flexibility index (Phi) is 4.71. The lowest BCUT2D eigenvalue weighted by molar-refractivity contribution is -0.123. The van der Waals surface area contributed by atoms with Gasteiger partial charge in [0.25, 0.3) is 0 Å². The molecule has 2 unspecified atom stereocenters. The second kappa shape index (κ2) is 6.91. The Hall–Kier alpha value is -2.21. The van der Waals surface area contributed by atoms with Gasteiger partial charge in [0.05, 0.1) is 18.2 Å². The summed E-state index contributed by atoms with van der Waals surface area (Å²) in [6.07, 6.45) is 4.01. The van der Waals surface area contributed by atoms with E-state index in [0.29, 0.717) is 6.42 Å². The van der Waals surface area contributed by atoms with Crippen LogP contribution in [0.15, 0.2) is 30.6 Å². The van der Waals surface area contributed by atoms with Crippen LogP contribution in [-0.4, -0.2) is 46.2 Å². The highest BCUT2D eigenvalue weighted by molar-refractivity contribution is 5.93. The number of aliphatic hydroxyl groups is 1. The van der Waals surface area contributed by atoms with E-state index in [2.05, 4.69) is 20.2 Å². The molecule has 1 aromatic heterocycles. The van der Waals surface area contributed by atoms with E-state index in [1.807, 2.05) is 31.2 Å². The first-order valence-electron chi connectivity index (χ1n) is 8.12. The summed E-state index contributed by atoms with van der Waals surface area (Å²) in [6, 6.07) is 7.41. The summed E-state index contributed by atoms with van der Waals surface area (Å²) in [5.74, 6) is 0.774. The van der Waals surface area contributed by atoms with Gasteiger partial charge in [-0.2, -0.15) is 0 Å². The zero-order valence-electron chi connectivity index (χ0n) is 13.3. The molecule has 1 fully saturated rings. The fourth-order valence-corrected chi connectivity index (χ4v) is 3.09. The first-order chi connectivity index (χ1) is 11.2. The van der Waals surface area contributed by atoms with E-state index < -0.39 is 0 Å². The van der Waals surface area contributed by atoms with Crippen molar-refractivity contribution in [1.29, 1.82) is 0 Å². The van der Waals surface area contributed by atoms with E-state index in [4.69, 9.17) is 0 Å². The van der Waals surface area contributed by atoms with Crippen LogP contribution in [0.25, 0.3) is 10.9 Å². The Morgan fingerprint density at radius 2 is 2.26 bits per heavy atom. The monoisotopic (exact) mass is 314 g/mol. The van der Waals surface area contributed by atoms with Crippen molar-refractivity contribution >= 4 is 22.6 Å². The summed E-state index contributed by atoms with van der Waals surface area (Å²) in [5.41, 5.74) is 0.880. The third-order valence-electron chi connectivity index (χ3n) is 4.41. The maximum Gasteiger partial charge on any atom is 0.243 e. The molecule has 1 amide bonds. The van der Waals surface area contributed by atoms with Crippen LogP contribution in [0, 0.1) is 0 Å². The van der Waals surface area contributed by atoms with Crippen molar-refractivity contribution in [1.82, 2.24) is 15.3 Å². The van der Waals surface area contributed by atoms with Crippen LogP contribution in [-0.2, 0) is 4.79 Å². The summed E-state index contributed by atoms with van der Waals surface area (Å²) >= 11 is 0. The lowest BCUT2D eigenvalue weighted by Crippen LogP contribution is -2.48. The molecule has 1 aliphatic heterocycles. The molecule has 2 aromatic rings. The molecule has 0 aliphatic carbocycles. The van der Waals surface area contributed by atoms with Crippen LogP contribution in [0.5, 0.6) is 0 Å². The number of hydrogen-bond donors (Lipinski definition) is 2. The molecule has 3 rings (SSSR count). The fraction of sp³-hybridized carbons (Fsp3) is 0.471. The summed E-state index contributed by atoms with van der Waals surface area (Å²) < 4.78 is 0. The highest BCUT2D eigenvalue weighted by Crippen LogP contribution is 2.29. The normalized spacial score (nSPS) is 19.0. The van der Waals surface area contributed by atoms with E-state index >= 15 is 0 Å². The predicted molar refractivity (Wildman–Crippen MR) is 89.2 cm³/mol. The highest BCUT2D eigenvalue weighted by Gasteiger charge is 2.33. The quantitative estimate of drug-likeness (QED) is 0.874. The third kappa shape index (κ3) is 3.12. The van der Waals surface area contributed by atoms with Gasteiger partial charge in [-0.25, -0.2) is 9.97 Å². The number of carbonyl (C=O) groups is 1. The Morgan fingerprint density at radius 1 is 1.43 bits per heavy atom. The van der Waals surface area contributed by atoms with E-state index in [0.717, 1.165) is 36.1 Å². The topological polar surface area (TPSA) is 78.4 Å². The van der Waals surface area contributed by atoms with Crippen molar-refractivity contribution in [3.8, 4) is 0 Å². The Labute approximate surface area is 135 Å². The van der Waals surface area contributed by atoms with E-state index in [9.17, 15) is 9.90 Å². The number of rotatable bonds is 5. The minimum Gasteiger partial charge on any atom is -0.394 e. The summed E-state index contributed by atoms with van der Waals surface area (Å²) in [7, 11) is 0. The summed E-state index contributed by atoms with van der Waals surface area (Å²) in [4.78, 5) is 23.4. The molecule has 23 heavy (non-hydrogen) atoms. The molecule has 6 heteroatoms. The molecule has 2 atom stereocenters. The number of anilines is 1. The van der Waals surface area contributed by atoms with Crippen LogP contribution < -0.4 is 10.2 Å². The Morgan fingerprint density at radius 3 is 3.04 bits per heavy atom. The number of carbonyl (C=O) groups excluding carboxylic acids is 1. The highest BCUT2D eigenvalue weighted by atomic mass is 16.3. The number of hydrogen-bond acceptors (Lipinski definition) is 5. The van der Waals surface area contributed by atoms with Crippen molar-refractivity contribution in [2.75, 3.05) is 18.1 Å². The van der Waals surface area contributed by atoms with Crippen LogP contribution in [0.2, 0.25) is 0 Å². The predicted octanol–water partition coefficient (Wildman–Crippen LogP) is 1.49. The Balaban J connectivity index is 1.87. The minimum atomic E-state index is -0.242. The Bertz CT molecular complexity index is 682. The van der Waals surface area contributed by atoms with Crippen LogP contribution in [0.3, 0.4) is 0 Å². The molecule has 2 heterocycles. The zero-order chi connectivity index (χ0) is 16.2. The molecular weight excluding hydrogens is 292 g/mol. The number of nitrogens with one attached hydrogen (secondary N) is 1. The molecule has 6 nitrogen and oxygen atoms in total. The SMILES string of the molecule is CCC(CO)NC(=O)C1CCCN1c1ncnc2ccccc12. The van der Waals surface area contributed by atoms with Gasteiger partial charge in [-0.1, -0.05) is 19.1 Å². The summed E-state index contributed by atoms with van der Waals surface area (Å²) in [5, 5.41) is 13.2. The van der Waals surface area contributed by atoms with Gasteiger partial charge in [-0.3, -0.25) is 4.79 Å². The van der Waals surface area contributed by atoms with Gasteiger partial charge in [0.1, 0.15) is 18.2 Å². The van der Waals surface area contributed by atoms with Gasteiger partial charge in [0, 0.05) is 11.9 Å². The number of aliphatic hydroxyl groups excluding tert-OH is 1.